The van der Waals surface area contributed by atoms with Crippen molar-refractivity contribution in [2.24, 2.45) is 0 Å². The van der Waals surface area contributed by atoms with Gasteiger partial charge in [-0.25, -0.2) is 4.79 Å². The number of hydrogen-bond donors (Lipinski definition) is 0. The summed E-state index contributed by atoms with van der Waals surface area (Å²) in [7, 11) is 1.42. The summed E-state index contributed by atoms with van der Waals surface area (Å²) in [6.45, 7) is 4.57. The van der Waals surface area contributed by atoms with E-state index in [2.05, 4.69) is 0 Å². The second-order valence-corrected chi connectivity index (χ2v) is 7.64. The minimum atomic E-state index is -1.09. The summed E-state index contributed by atoms with van der Waals surface area (Å²) < 4.78 is 22.2. The van der Waals surface area contributed by atoms with Gasteiger partial charge < -0.3 is 18.6 Å². The van der Waals surface area contributed by atoms with Gasteiger partial charge in [-0.05, 0) is 19.9 Å². The Hall–Kier alpha value is -3.87. The van der Waals surface area contributed by atoms with E-state index in [1.807, 2.05) is 30.3 Å². The molecule has 0 saturated heterocycles. The molecule has 31 heavy (non-hydrogen) atoms. The van der Waals surface area contributed by atoms with E-state index in [1.165, 1.54) is 32.2 Å². The number of esters is 2. The van der Waals surface area contributed by atoms with E-state index in [-0.39, 0.29) is 33.5 Å². The fourth-order valence-electron chi connectivity index (χ4n) is 3.65. The highest BCUT2D eigenvalue weighted by atomic mass is 16.6. The third kappa shape index (κ3) is 3.70. The van der Waals surface area contributed by atoms with Crippen LogP contribution in [-0.2, 0) is 14.3 Å². The summed E-state index contributed by atoms with van der Waals surface area (Å²) in [5.41, 5.74) is -0.0906. The first-order chi connectivity index (χ1) is 14.7. The number of carbonyl (C=O) groups is 2. The lowest BCUT2D eigenvalue weighted by Gasteiger charge is -2.20. The molecule has 0 bridgehead atoms. The van der Waals surface area contributed by atoms with Crippen LogP contribution in [0.4, 0.5) is 0 Å². The van der Waals surface area contributed by atoms with Crippen LogP contribution in [0, 0.1) is 0 Å². The third-order valence-electron chi connectivity index (χ3n) is 4.80. The quantitative estimate of drug-likeness (QED) is 0.356. The van der Waals surface area contributed by atoms with Gasteiger partial charge in [0.2, 0.25) is 0 Å². The molecule has 1 aliphatic rings. The van der Waals surface area contributed by atoms with Crippen LogP contribution in [0.2, 0.25) is 0 Å². The molecule has 0 atom stereocenters. The summed E-state index contributed by atoms with van der Waals surface area (Å²) in [4.78, 5) is 37.2. The molecule has 2 aromatic carbocycles. The van der Waals surface area contributed by atoms with Crippen molar-refractivity contribution >= 4 is 28.5 Å². The van der Waals surface area contributed by atoms with Crippen LogP contribution in [-0.4, -0.2) is 24.6 Å². The molecule has 3 aromatic rings. The third-order valence-corrected chi connectivity index (χ3v) is 4.80. The van der Waals surface area contributed by atoms with E-state index >= 15 is 0 Å². The Morgan fingerprint density at radius 3 is 2.45 bits per heavy atom. The van der Waals surface area contributed by atoms with Gasteiger partial charge in [0.05, 0.1) is 18.2 Å². The van der Waals surface area contributed by atoms with Crippen LogP contribution in [0.15, 0.2) is 57.8 Å². The van der Waals surface area contributed by atoms with Gasteiger partial charge in [-0.1, -0.05) is 30.3 Å². The lowest BCUT2D eigenvalue weighted by atomic mass is 9.97. The van der Waals surface area contributed by atoms with Gasteiger partial charge in [-0.3, -0.25) is 9.59 Å². The average Bonchev–Trinajstić information content (AvgIpc) is 3.01. The van der Waals surface area contributed by atoms with Crippen LogP contribution < -0.4 is 14.9 Å². The summed E-state index contributed by atoms with van der Waals surface area (Å²) >= 11 is 0. The van der Waals surface area contributed by atoms with Gasteiger partial charge in [0, 0.05) is 24.6 Å². The molecule has 2 heterocycles. The maximum atomic E-state index is 13.0. The Morgan fingerprint density at radius 2 is 1.81 bits per heavy atom. The van der Waals surface area contributed by atoms with Crippen molar-refractivity contribution in [2.45, 2.75) is 26.4 Å². The molecule has 0 amide bonds. The van der Waals surface area contributed by atoms with E-state index in [1.54, 1.807) is 13.8 Å². The second-order valence-electron chi connectivity index (χ2n) is 7.64. The van der Waals surface area contributed by atoms with Crippen LogP contribution in [0.5, 0.6) is 11.5 Å². The summed E-state index contributed by atoms with van der Waals surface area (Å²) in [5, 5.41) is 0.190. The molecule has 0 saturated carbocycles. The van der Waals surface area contributed by atoms with Crippen molar-refractivity contribution < 1.29 is 28.2 Å². The Morgan fingerprint density at radius 1 is 1.10 bits per heavy atom. The van der Waals surface area contributed by atoms with E-state index in [0.717, 1.165) is 0 Å². The van der Waals surface area contributed by atoms with E-state index in [9.17, 15) is 14.4 Å². The predicted molar refractivity (Wildman–Crippen MR) is 114 cm³/mol. The first-order valence-corrected chi connectivity index (χ1v) is 9.59. The summed E-state index contributed by atoms with van der Waals surface area (Å²) in [5.74, 6) is -0.363. The van der Waals surface area contributed by atoms with Crippen molar-refractivity contribution in [2.75, 3.05) is 7.11 Å². The smallest absolute Gasteiger partial charge is 0.344 e. The molecule has 7 heteroatoms. The summed E-state index contributed by atoms with van der Waals surface area (Å²) in [6.07, 6.45) is 1.49. The molecule has 1 aromatic heterocycles. The zero-order valence-corrected chi connectivity index (χ0v) is 17.5. The first kappa shape index (κ1) is 20.4. The van der Waals surface area contributed by atoms with Gasteiger partial charge >= 0.3 is 11.9 Å². The largest absolute Gasteiger partial charge is 0.496 e. The van der Waals surface area contributed by atoms with Crippen molar-refractivity contribution in [3.05, 3.63) is 64.3 Å². The highest BCUT2D eigenvalue weighted by Crippen LogP contribution is 2.44. The molecule has 0 N–H and O–H groups in total. The Labute approximate surface area is 177 Å². The first-order valence-electron chi connectivity index (χ1n) is 9.59. The van der Waals surface area contributed by atoms with Crippen molar-refractivity contribution in [3.63, 3.8) is 0 Å². The molecule has 158 valence electrons. The minimum Gasteiger partial charge on any atom is -0.496 e. The van der Waals surface area contributed by atoms with Gasteiger partial charge in [0.1, 0.15) is 28.2 Å². The van der Waals surface area contributed by atoms with E-state index in [0.29, 0.717) is 16.9 Å². The minimum absolute atomic E-state index is 0.141. The zero-order valence-electron chi connectivity index (χ0n) is 17.5. The van der Waals surface area contributed by atoms with Gasteiger partial charge in [-0.15, -0.1) is 0 Å². The van der Waals surface area contributed by atoms with Crippen molar-refractivity contribution in [1.29, 1.82) is 0 Å². The Kier molecular flexibility index (Phi) is 4.89. The highest BCUT2D eigenvalue weighted by Gasteiger charge is 2.35. The molecular weight excluding hydrogens is 400 g/mol. The molecule has 1 aliphatic heterocycles. The SMILES string of the molecule is COc1cc2c(c3oc(-c4ccccc4)cc(=O)c13)C(=CC(C)(C)OC(C)=O)C(=O)O2. The molecule has 0 spiro atoms. The molecule has 0 fully saturated rings. The maximum Gasteiger partial charge on any atom is 0.344 e. The lowest BCUT2D eigenvalue weighted by Crippen LogP contribution is -2.25. The number of methoxy groups -OCH3 is 1. The maximum absolute atomic E-state index is 13.0. The zero-order chi connectivity index (χ0) is 22.3. The topological polar surface area (TPSA) is 92.0 Å². The number of ether oxygens (including phenoxy) is 3. The number of fused-ring (bicyclic) bond motifs is 3. The van der Waals surface area contributed by atoms with E-state index in [4.69, 9.17) is 18.6 Å². The normalized spacial score (nSPS) is 14.5. The lowest BCUT2D eigenvalue weighted by molar-refractivity contribution is -0.149. The standard InChI is InChI=1S/C24H20O7/c1-13(25)31-24(2,3)12-15-20-19(30-23(15)27)11-18(28-4)21-16(26)10-17(29-22(20)21)14-8-6-5-7-9-14/h5-12H,1-4H3. The fourth-order valence-corrected chi connectivity index (χ4v) is 3.65. The highest BCUT2D eigenvalue weighted by molar-refractivity contribution is 6.25. The Bertz CT molecular complexity index is 1300. The van der Waals surface area contributed by atoms with Crippen LogP contribution in [0.3, 0.4) is 0 Å². The van der Waals surface area contributed by atoms with Gasteiger partial charge in [0.25, 0.3) is 0 Å². The molecule has 7 nitrogen and oxygen atoms in total. The monoisotopic (exact) mass is 420 g/mol. The average molecular weight is 420 g/mol. The molecular formula is C24H20O7. The number of benzene rings is 2. The predicted octanol–water partition coefficient (Wildman–Crippen LogP) is 4.11. The molecule has 4 rings (SSSR count). The number of carbonyl (C=O) groups excluding carboxylic acids is 2. The van der Waals surface area contributed by atoms with Crippen LogP contribution in [0.1, 0.15) is 26.3 Å². The molecule has 0 aliphatic carbocycles. The second kappa shape index (κ2) is 7.43. The molecule has 0 radical (unpaired) electrons. The van der Waals surface area contributed by atoms with Crippen molar-refractivity contribution in [3.8, 4) is 22.8 Å². The van der Waals surface area contributed by atoms with Crippen LogP contribution >= 0.6 is 0 Å². The Balaban J connectivity index is 2.04. The number of hydrogen-bond acceptors (Lipinski definition) is 7. The van der Waals surface area contributed by atoms with Gasteiger partial charge in [0.15, 0.2) is 11.0 Å². The number of rotatable bonds is 4. The van der Waals surface area contributed by atoms with E-state index < -0.39 is 17.5 Å². The fraction of sp³-hybridized carbons (Fsp3) is 0.208. The van der Waals surface area contributed by atoms with Crippen molar-refractivity contribution in [1.82, 2.24) is 0 Å². The molecule has 0 unspecified atom stereocenters. The summed E-state index contributed by atoms with van der Waals surface area (Å²) in [6, 6.07) is 12.0. The van der Waals surface area contributed by atoms with Gasteiger partial charge in [-0.2, -0.15) is 0 Å². The van der Waals surface area contributed by atoms with Crippen LogP contribution in [0.25, 0.3) is 27.9 Å².